The minimum Gasteiger partial charge on any atom is -0.613 e. The smallest absolute Gasteiger partial charge is 0.126 e. The van der Waals surface area contributed by atoms with Gasteiger partial charge in [-0.2, -0.15) is 5.26 Å². The maximum absolute atomic E-state index is 9.46. The van der Waals surface area contributed by atoms with Gasteiger partial charge in [-0.05, 0) is 59.9 Å². The molecule has 2 atom stereocenters. The number of amidine groups is 1. The zero-order valence-electron chi connectivity index (χ0n) is 21.1. The molecule has 0 spiro atoms. The molecule has 1 aliphatic rings. The Kier molecular flexibility index (Phi) is 5.66. The summed E-state index contributed by atoms with van der Waals surface area (Å²) in [7, 11) is 0. The van der Waals surface area contributed by atoms with E-state index in [4.69, 9.17) is 10.3 Å². The topological polar surface area (TPSA) is 67.2 Å². The molecule has 5 aromatic carbocycles. The lowest BCUT2D eigenvalue weighted by Gasteiger charge is -2.44. The van der Waals surface area contributed by atoms with Gasteiger partial charge in [-0.25, -0.2) is 0 Å². The van der Waals surface area contributed by atoms with Crippen LogP contribution in [0.3, 0.4) is 0 Å². The molecule has 39 heavy (non-hydrogen) atoms. The molecule has 0 amide bonds. The maximum atomic E-state index is 9.46. The first-order chi connectivity index (χ1) is 19.3. The van der Waals surface area contributed by atoms with Gasteiger partial charge in [-0.3, -0.25) is 4.99 Å². The molecule has 186 valence electrons. The fraction of sp³-hybridized carbons (Fsp3) is 0.0588. The van der Waals surface area contributed by atoms with Crippen molar-refractivity contribution in [3.63, 3.8) is 0 Å². The largest absolute Gasteiger partial charge is 0.613 e. The molecule has 7 rings (SSSR count). The van der Waals surface area contributed by atoms with Gasteiger partial charge in [-0.1, -0.05) is 91.0 Å². The number of hydrogen-bond acceptors (Lipinski definition) is 3. The second kappa shape index (κ2) is 9.60. The number of hydrogen-bond donors (Lipinski definition) is 1. The van der Waals surface area contributed by atoms with Crippen LogP contribution in [0, 0.1) is 11.3 Å². The summed E-state index contributed by atoms with van der Waals surface area (Å²) in [4.78, 5) is 5.04. The Morgan fingerprint density at radius 2 is 1.36 bits per heavy atom. The van der Waals surface area contributed by atoms with Crippen LogP contribution in [0.1, 0.15) is 34.6 Å². The van der Waals surface area contributed by atoms with E-state index >= 15 is 0 Å². The molecule has 5 nitrogen and oxygen atoms in total. The highest BCUT2D eigenvalue weighted by Gasteiger charge is 2.18. The second-order valence-corrected chi connectivity index (χ2v) is 9.62. The summed E-state index contributed by atoms with van der Waals surface area (Å²) in [6.45, 7) is 0. The molecule has 1 aromatic heterocycles. The van der Waals surface area contributed by atoms with Crippen molar-refractivity contribution in [2.45, 2.75) is 12.3 Å². The molecule has 2 unspecified atom stereocenters. The summed E-state index contributed by atoms with van der Waals surface area (Å²) < 4.78 is 2.31. The van der Waals surface area contributed by atoms with Crippen LogP contribution >= 0.6 is 0 Å². The highest BCUT2D eigenvalue weighted by atomic mass is 15.3. The number of nitrogens with zero attached hydrogens (tertiary/aromatic N) is 4. The summed E-state index contributed by atoms with van der Waals surface area (Å²) in [5.74, 6) is 0.772. The van der Waals surface area contributed by atoms with Gasteiger partial charge in [0.15, 0.2) is 0 Å². The third kappa shape index (κ3) is 4.14. The Balaban J connectivity index is 1.36. The van der Waals surface area contributed by atoms with Crippen LogP contribution in [0.4, 0.5) is 0 Å². The Bertz CT molecular complexity index is 1840. The normalized spacial score (nSPS) is 16.9. The molecule has 6 aromatic rings. The second-order valence-electron chi connectivity index (χ2n) is 9.62. The monoisotopic (exact) mass is 502 g/mol. The lowest BCUT2D eigenvalue weighted by atomic mass is 10.1. The third-order valence-electron chi connectivity index (χ3n) is 7.20. The van der Waals surface area contributed by atoms with E-state index in [1.54, 1.807) is 6.07 Å². The van der Waals surface area contributed by atoms with Crippen molar-refractivity contribution in [2.75, 3.05) is 0 Å². The van der Waals surface area contributed by atoms with Gasteiger partial charge in [0.2, 0.25) is 0 Å². The molecule has 0 fully saturated rings. The average Bonchev–Trinajstić information content (AvgIpc) is 3.36. The summed E-state index contributed by atoms with van der Waals surface area (Å²) in [5.41, 5.74) is 6.93. The molecule has 0 bridgehead atoms. The number of aliphatic imine (C=N–C) groups is 1. The van der Waals surface area contributed by atoms with E-state index in [0.717, 1.165) is 39.2 Å². The molecule has 1 aliphatic heterocycles. The number of nitrogens with one attached hydrogen (secondary N) is 1. The summed E-state index contributed by atoms with van der Waals surface area (Å²) in [6.07, 6.45) is -0.706. The average molecular weight is 503 g/mol. The molecule has 0 aliphatic carbocycles. The summed E-state index contributed by atoms with van der Waals surface area (Å²) in [5, 5.41) is 20.5. The Labute approximate surface area is 226 Å². The number of fused-ring (bicyclic) bond motifs is 3. The van der Waals surface area contributed by atoms with Gasteiger partial charge in [0.1, 0.15) is 5.84 Å². The molecule has 2 heterocycles. The Morgan fingerprint density at radius 3 is 2.10 bits per heavy atom. The predicted molar refractivity (Wildman–Crippen MR) is 157 cm³/mol. The minimum absolute atomic E-state index is 0.272. The van der Waals surface area contributed by atoms with Crippen molar-refractivity contribution in [3.8, 4) is 11.8 Å². The van der Waals surface area contributed by atoms with Crippen molar-refractivity contribution in [2.24, 2.45) is 4.99 Å². The number of para-hydroxylation sites is 2. The zero-order valence-corrected chi connectivity index (χ0v) is 21.1. The zero-order chi connectivity index (χ0) is 26.2. The Hall–Kier alpha value is -5.18. The van der Waals surface area contributed by atoms with Gasteiger partial charge in [0.05, 0.1) is 22.7 Å². The molecule has 1 N–H and O–H groups in total. The first-order valence-electron chi connectivity index (χ1n) is 13.0. The van der Waals surface area contributed by atoms with Crippen LogP contribution in [-0.2, 0) is 0 Å². The number of rotatable bonds is 4. The van der Waals surface area contributed by atoms with E-state index in [-0.39, 0.29) is 6.17 Å². The van der Waals surface area contributed by atoms with Gasteiger partial charge < -0.3 is 15.2 Å². The molecule has 0 saturated heterocycles. The first-order valence-corrected chi connectivity index (χ1v) is 13.0. The van der Waals surface area contributed by atoms with E-state index in [9.17, 15) is 5.26 Å². The molecule has 0 saturated carbocycles. The van der Waals surface area contributed by atoms with E-state index in [1.807, 2.05) is 36.4 Å². The maximum Gasteiger partial charge on any atom is 0.126 e. The SMILES string of the molecule is N#Cc1cccc(C2N=C(c3cccc(-n4c5ccccc5c5ccccc54)c3)NC(c3ccccc3)[N-]2)c1. The predicted octanol–water partition coefficient (Wildman–Crippen LogP) is 7.78. The molecule has 5 heteroatoms. The van der Waals surface area contributed by atoms with Gasteiger partial charge >= 0.3 is 0 Å². The van der Waals surface area contributed by atoms with Crippen LogP contribution in [-0.4, -0.2) is 10.4 Å². The quantitative estimate of drug-likeness (QED) is 0.267. The fourth-order valence-corrected chi connectivity index (χ4v) is 5.39. The van der Waals surface area contributed by atoms with E-state index in [1.165, 1.54) is 10.8 Å². The Morgan fingerprint density at radius 1 is 0.692 bits per heavy atom. The van der Waals surface area contributed by atoms with E-state index in [0.29, 0.717) is 5.56 Å². The minimum atomic E-state index is -0.434. The van der Waals surface area contributed by atoms with Crippen LogP contribution in [0.25, 0.3) is 32.8 Å². The number of aromatic nitrogens is 1. The highest BCUT2D eigenvalue weighted by molar-refractivity contribution is 6.09. The van der Waals surface area contributed by atoms with E-state index in [2.05, 4.69) is 101 Å². The van der Waals surface area contributed by atoms with Gasteiger partial charge in [-0.15, -0.1) is 0 Å². The standard InChI is InChI=1S/C34H24N5/c35-22-23-10-8-13-25(20-23)33-36-32(24-11-2-1-3-12-24)37-34(38-33)26-14-9-15-27(21-26)39-30-18-6-4-16-28(30)29-17-5-7-19-31(29)39/h1-21,32-33H,(H,37,38)/q-1. The first kappa shape index (κ1) is 23.0. The van der Waals surface area contributed by atoms with Gasteiger partial charge in [0, 0.05) is 22.0 Å². The highest BCUT2D eigenvalue weighted by Crippen LogP contribution is 2.37. The number of nitriles is 1. The molecule has 0 radical (unpaired) electrons. The van der Waals surface area contributed by atoms with Crippen molar-refractivity contribution in [3.05, 3.63) is 155 Å². The van der Waals surface area contributed by atoms with Crippen molar-refractivity contribution < 1.29 is 0 Å². The van der Waals surface area contributed by atoms with Gasteiger partial charge in [0.25, 0.3) is 0 Å². The van der Waals surface area contributed by atoms with Crippen molar-refractivity contribution in [1.82, 2.24) is 9.88 Å². The lowest BCUT2D eigenvalue weighted by Crippen LogP contribution is -2.34. The third-order valence-corrected chi connectivity index (χ3v) is 7.20. The molecular formula is C34H24N5-. The van der Waals surface area contributed by atoms with Crippen LogP contribution in [0.2, 0.25) is 0 Å². The molecular weight excluding hydrogens is 478 g/mol. The van der Waals surface area contributed by atoms with Crippen LogP contribution in [0.15, 0.2) is 132 Å². The van der Waals surface area contributed by atoms with Crippen LogP contribution in [0.5, 0.6) is 0 Å². The lowest BCUT2D eigenvalue weighted by molar-refractivity contribution is 0.631. The van der Waals surface area contributed by atoms with Crippen molar-refractivity contribution >= 4 is 27.6 Å². The fourth-order valence-electron chi connectivity index (χ4n) is 5.39. The van der Waals surface area contributed by atoms with E-state index < -0.39 is 6.17 Å². The summed E-state index contributed by atoms with van der Waals surface area (Å²) >= 11 is 0. The number of benzene rings is 5. The summed E-state index contributed by atoms with van der Waals surface area (Å²) in [6, 6.07) is 45.5. The van der Waals surface area contributed by atoms with Crippen LogP contribution < -0.4 is 5.32 Å². The van der Waals surface area contributed by atoms with Crippen molar-refractivity contribution in [1.29, 1.82) is 5.26 Å².